The number of carbonyl (C=O) groups excluding carboxylic acids is 1. The van der Waals surface area contributed by atoms with Crippen LogP contribution in [0.2, 0.25) is 0 Å². The summed E-state index contributed by atoms with van der Waals surface area (Å²) in [4.78, 5) is 13.3. The monoisotopic (exact) mass is 330 g/mol. The Morgan fingerprint density at radius 1 is 1.09 bits per heavy atom. The highest BCUT2D eigenvalue weighted by Gasteiger charge is 2.21. The van der Waals surface area contributed by atoms with Crippen molar-refractivity contribution in [2.75, 3.05) is 6.54 Å². The van der Waals surface area contributed by atoms with Crippen LogP contribution in [0.4, 0.5) is 0 Å². The van der Waals surface area contributed by atoms with Crippen LogP contribution in [0.5, 0.6) is 0 Å². The molecule has 0 aliphatic heterocycles. The zero-order chi connectivity index (χ0) is 16.8. The van der Waals surface area contributed by atoms with Crippen LogP contribution in [0.3, 0.4) is 0 Å². The molecule has 4 heteroatoms. The first-order chi connectivity index (χ1) is 11.0. The average molecular weight is 330 g/mol. The van der Waals surface area contributed by atoms with Gasteiger partial charge in [0, 0.05) is 11.4 Å². The molecule has 0 aliphatic carbocycles. The molecule has 1 heterocycles. The van der Waals surface area contributed by atoms with Crippen molar-refractivity contribution in [1.29, 1.82) is 0 Å². The minimum atomic E-state index is -0.244. The van der Waals surface area contributed by atoms with E-state index in [1.807, 2.05) is 19.9 Å². The van der Waals surface area contributed by atoms with Crippen LogP contribution in [-0.2, 0) is 4.79 Å². The van der Waals surface area contributed by atoms with Gasteiger partial charge < -0.3 is 5.32 Å². The fraction of sp³-hybridized carbons (Fsp3) is 0.421. The van der Waals surface area contributed by atoms with Crippen LogP contribution in [-0.4, -0.2) is 18.5 Å². The van der Waals surface area contributed by atoms with Crippen LogP contribution in [0.15, 0.2) is 41.8 Å². The van der Waals surface area contributed by atoms with Crippen molar-refractivity contribution in [3.63, 3.8) is 0 Å². The molecule has 0 aliphatic rings. The van der Waals surface area contributed by atoms with Gasteiger partial charge in [-0.25, -0.2) is 0 Å². The Balaban J connectivity index is 2.23. The predicted molar refractivity (Wildman–Crippen MR) is 98.0 cm³/mol. The third kappa shape index (κ3) is 4.66. The van der Waals surface area contributed by atoms with Crippen LogP contribution >= 0.6 is 11.3 Å². The van der Waals surface area contributed by atoms with Crippen LogP contribution in [0.1, 0.15) is 55.7 Å². The highest BCUT2D eigenvalue weighted by Crippen LogP contribution is 2.27. The van der Waals surface area contributed by atoms with Gasteiger partial charge in [-0.05, 0) is 42.3 Å². The van der Waals surface area contributed by atoms with Gasteiger partial charge >= 0.3 is 0 Å². The second-order valence-corrected chi connectivity index (χ2v) is 7.03. The van der Waals surface area contributed by atoms with Gasteiger partial charge in [-0.2, -0.15) is 0 Å². The van der Waals surface area contributed by atoms with E-state index in [2.05, 4.69) is 60.2 Å². The second kappa shape index (κ2) is 8.27. The molecule has 124 valence electrons. The molecule has 0 saturated heterocycles. The fourth-order valence-electron chi connectivity index (χ4n) is 2.52. The molecule has 1 amide bonds. The van der Waals surface area contributed by atoms with E-state index in [-0.39, 0.29) is 18.0 Å². The van der Waals surface area contributed by atoms with E-state index in [1.165, 1.54) is 16.0 Å². The maximum atomic E-state index is 12.1. The molecular formula is C19H26N2OS. The Morgan fingerprint density at radius 2 is 1.74 bits per heavy atom. The van der Waals surface area contributed by atoms with Gasteiger partial charge in [0.2, 0.25) is 5.91 Å². The first-order valence-electron chi connectivity index (χ1n) is 8.20. The molecule has 2 N–H and O–H groups in total. The van der Waals surface area contributed by atoms with Gasteiger partial charge in [-0.15, -0.1) is 11.3 Å². The van der Waals surface area contributed by atoms with Crippen molar-refractivity contribution in [3.8, 4) is 0 Å². The summed E-state index contributed by atoms with van der Waals surface area (Å²) < 4.78 is 0. The SMILES string of the molecule is CCNC(=O)[C@H](C)N[C@@H](c1ccc(C(C)C)cc1)c1cccs1. The molecule has 2 atom stereocenters. The largest absolute Gasteiger partial charge is 0.355 e. The average Bonchev–Trinajstić information content (AvgIpc) is 3.06. The molecule has 1 aromatic carbocycles. The normalized spacial score (nSPS) is 13.8. The topological polar surface area (TPSA) is 41.1 Å². The third-order valence-electron chi connectivity index (χ3n) is 3.93. The lowest BCUT2D eigenvalue weighted by Crippen LogP contribution is -2.43. The van der Waals surface area contributed by atoms with E-state index in [9.17, 15) is 4.79 Å². The van der Waals surface area contributed by atoms with E-state index in [0.29, 0.717) is 12.5 Å². The summed E-state index contributed by atoms with van der Waals surface area (Å²) in [6.07, 6.45) is 0. The summed E-state index contributed by atoms with van der Waals surface area (Å²) in [5.74, 6) is 0.555. The number of nitrogens with one attached hydrogen (secondary N) is 2. The first-order valence-corrected chi connectivity index (χ1v) is 9.08. The van der Waals surface area contributed by atoms with Gasteiger partial charge in [-0.1, -0.05) is 44.2 Å². The Labute approximate surface area is 143 Å². The van der Waals surface area contributed by atoms with Crippen LogP contribution in [0.25, 0.3) is 0 Å². The summed E-state index contributed by atoms with van der Waals surface area (Å²) in [5, 5.41) is 8.41. The second-order valence-electron chi connectivity index (χ2n) is 6.05. The lowest BCUT2D eigenvalue weighted by molar-refractivity contribution is -0.122. The number of amides is 1. The van der Waals surface area contributed by atoms with E-state index in [0.717, 1.165) is 0 Å². The molecule has 0 unspecified atom stereocenters. The standard InChI is InChI=1S/C19H26N2OS/c1-5-20-19(22)14(4)21-18(17-7-6-12-23-17)16-10-8-15(9-11-16)13(2)3/h6-14,18,21H,5H2,1-4H3,(H,20,22)/t14-,18-/m0/s1. The fourth-order valence-corrected chi connectivity index (χ4v) is 3.34. The number of hydrogen-bond acceptors (Lipinski definition) is 3. The molecule has 23 heavy (non-hydrogen) atoms. The minimum absolute atomic E-state index is 0.0351. The zero-order valence-electron chi connectivity index (χ0n) is 14.3. The number of likely N-dealkylation sites (N-methyl/N-ethyl adjacent to an activating group) is 1. The van der Waals surface area contributed by atoms with Crippen molar-refractivity contribution < 1.29 is 4.79 Å². The van der Waals surface area contributed by atoms with E-state index in [4.69, 9.17) is 0 Å². The minimum Gasteiger partial charge on any atom is -0.355 e. The van der Waals surface area contributed by atoms with Gasteiger partial charge in [-0.3, -0.25) is 10.1 Å². The molecule has 0 fully saturated rings. The number of hydrogen-bond donors (Lipinski definition) is 2. The molecule has 1 aromatic heterocycles. The molecule has 3 nitrogen and oxygen atoms in total. The van der Waals surface area contributed by atoms with E-state index in [1.54, 1.807) is 11.3 Å². The Hall–Kier alpha value is -1.65. The van der Waals surface area contributed by atoms with Gasteiger partial charge in [0.25, 0.3) is 0 Å². The maximum Gasteiger partial charge on any atom is 0.236 e. The van der Waals surface area contributed by atoms with Crippen LogP contribution < -0.4 is 10.6 Å². The summed E-state index contributed by atoms with van der Waals surface area (Å²) in [5.41, 5.74) is 2.52. The quantitative estimate of drug-likeness (QED) is 0.803. The summed E-state index contributed by atoms with van der Waals surface area (Å²) in [7, 11) is 0. The molecule has 0 bridgehead atoms. The van der Waals surface area contributed by atoms with Crippen molar-refractivity contribution in [2.24, 2.45) is 0 Å². The van der Waals surface area contributed by atoms with Crippen LogP contribution in [0, 0.1) is 0 Å². The lowest BCUT2D eigenvalue weighted by atomic mass is 9.98. The highest BCUT2D eigenvalue weighted by molar-refractivity contribution is 7.10. The summed E-state index contributed by atoms with van der Waals surface area (Å²) in [6, 6.07) is 12.6. The van der Waals surface area contributed by atoms with E-state index < -0.39 is 0 Å². The Morgan fingerprint density at radius 3 is 2.26 bits per heavy atom. The van der Waals surface area contributed by atoms with Crippen molar-refractivity contribution in [3.05, 3.63) is 57.8 Å². The predicted octanol–water partition coefficient (Wildman–Crippen LogP) is 4.08. The number of thiophene rings is 1. The van der Waals surface area contributed by atoms with Gasteiger partial charge in [0.05, 0.1) is 12.1 Å². The zero-order valence-corrected chi connectivity index (χ0v) is 15.1. The lowest BCUT2D eigenvalue weighted by Gasteiger charge is -2.23. The number of carbonyl (C=O) groups is 1. The van der Waals surface area contributed by atoms with E-state index >= 15 is 0 Å². The molecule has 2 rings (SSSR count). The van der Waals surface area contributed by atoms with Crippen molar-refractivity contribution in [1.82, 2.24) is 10.6 Å². The van der Waals surface area contributed by atoms with Crippen molar-refractivity contribution in [2.45, 2.75) is 45.7 Å². The molecule has 0 spiro atoms. The highest BCUT2D eigenvalue weighted by atomic mass is 32.1. The summed E-state index contributed by atoms with van der Waals surface area (Å²) in [6.45, 7) is 8.89. The number of rotatable bonds is 7. The number of benzene rings is 1. The van der Waals surface area contributed by atoms with Gasteiger partial charge in [0.15, 0.2) is 0 Å². The Bertz CT molecular complexity index is 605. The smallest absolute Gasteiger partial charge is 0.236 e. The van der Waals surface area contributed by atoms with Crippen molar-refractivity contribution >= 4 is 17.2 Å². The molecule has 0 radical (unpaired) electrons. The molecule has 2 aromatic rings. The summed E-state index contributed by atoms with van der Waals surface area (Å²) >= 11 is 1.71. The molecular weight excluding hydrogens is 304 g/mol. The Kier molecular flexibility index (Phi) is 6.37. The maximum absolute atomic E-state index is 12.1. The molecule has 0 saturated carbocycles. The van der Waals surface area contributed by atoms with Gasteiger partial charge in [0.1, 0.15) is 0 Å². The first kappa shape index (κ1) is 17.7. The third-order valence-corrected chi connectivity index (χ3v) is 4.86.